The summed E-state index contributed by atoms with van der Waals surface area (Å²) in [6.07, 6.45) is 2.35. The van der Waals surface area contributed by atoms with Crippen LogP contribution in [0, 0.1) is 0 Å². The first kappa shape index (κ1) is 14.9. The van der Waals surface area contributed by atoms with E-state index in [1.165, 1.54) is 37.5 Å². The van der Waals surface area contributed by atoms with Crippen LogP contribution in [0.4, 0.5) is 0 Å². The molecule has 1 atom stereocenters. The van der Waals surface area contributed by atoms with E-state index in [9.17, 15) is 0 Å². The average Bonchev–Trinajstić information content (AvgIpc) is 2.92. The summed E-state index contributed by atoms with van der Waals surface area (Å²) in [5, 5.41) is 2.51. The summed E-state index contributed by atoms with van der Waals surface area (Å²) in [7, 11) is 0. The van der Waals surface area contributed by atoms with Crippen molar-refractivity contribution in [3.05, 3.63) is 82.4 Å². The summed E-state index contributed by atoms with van der Waals surface area (Å²) in [6.45, 7) is 6.35. The largest absolute Gasteiger partial charge is 0.349 e. The SMILES string of the molecule is C=C(C)C1C=C(c2ccccc2)Sc2[nH]c3ccc(Br)cc3c21. The van der Waals surface area contributed by atoms with E-state index in [4.69, 9.17) is 0 Å². The van der Waals surface area contributed by atoms with Crippen LogP contribution in [0.25, 0.3) is 15.8 Å². The Bertz CT molecular complexity index is 937. The standard InChI is InChI=1S/C20H16BrNS/c1-12(2)15-11-18(13-6-4-3-5-7-13)23-20-19(15)16-10-14(21)8-9-17(16)22-20/h3-11,15,22H,1H2,2H3. The Balaban J connectivity index is 1.91. The van der Waals surface area contributed by atoms with Gasteiger partial charge in [-0.1, -0.05) is 76.3 Å². The highest BCUT2D eigenvalue weighted by Crippen LogP contribution is 2.49. The number of aromatic nitrogens is 1. The maximum atomic E-state index is 4.24. The Morgan fingerprint density at radius 1 is 1.17 bits per heavy atom. The molecule has 114 valence electrons. The Morgan fingerprint density at radius 3 is 2.70 bits per heavy atom. The van der Waals surface area contributed by atoms with Gasteiger partial charge in [-0.3, -0.25) is 0 Å². The molecule has 1 aromatic heterocycles. The zero-order valence-corrected chi connectivity index (χ0v) is 15.2. The Morgan fingerprint density at radius 2 is 1.96 bits per heavy atom. The molecule has 1 unspecified atom stereocenters. The van der Waals surface area contributed by atoms with Gasteiger partial charge >= 0.3 is 0 Å². The number of H-pyrrole nitrogens is 1. The number of fused-ring (bicyclic) bond motifs is 3. The minimum atomic E-state index is 0.240. The monoisotopic (exact) mass is 381 g/mol. The summed E-state index contributed by atoms with van der Waals surface area (Å²) in [5.41, 5.74) is 4.95. The van der Waals surface area contributed by atoms with E-state index in [2.05, 4.69) is 89.0 Å². The average molecular weight is 382 g/mol. The minimum Gasteiger partial charge on any atom is -0.349 e. The first-order valence-electron chi connectivity index (χ1n) is 7.55. The quantitative estimate of drug-likeness (QED) is 0.486. The predicted octanol–water partition coefficient (Wildman–Crippen LogP) is 6.74. The van der Waals surface area contributed by atoms with Crippen molar-refractivity contribution in [2.24, 2.45) is 0 Å². The van der Waals surface area contributed by atoms with E-state index in [0.717, 1.165) is 4.47 Å². The van der Waals surface area contributed by atoms with Gasteiger partial charge < -0.3 is 4.98 Å². The lowest BCUT2D eigenvalue weighted by Crippen LogP contribution is -2.02. The highest BCUT2D eigenvalue weighted by molar-refractivity contribution is 9.10. The molecule has 23 heavy (non-hydrogen) atoms. The van der Waals surface area contributed by atoms with E-state index < -0.39 is 0 Å². The van der Waals surface area contributed by atoms with E-state index in [1.807, 2.05) is 11.8 Å². The minimum absolute atomic E-state index is 0.240. The third-order valence-corrected chi connectivity index (χ3v) is 5.81. The second kappa shape index (κ2) is 5.73. The molecule has 2 aromatic carbocycles. The van der Waals surface area contributed by atoms with Crippen LogP contribution in [0.1, 0.15) is 24.0 Å². The van der Waals surface area contributed by atoms with Crippen LogP contribution < -0.4 is 0 Å². The Labute approximate surface area is 148 Å². The zero-order valence-electron chi connectivity index (χ0n) is 12.8. The molecule has 0 bridgehead atoms. The van der Waals surface area contributed by atoms with Crippen molar-refractivity contribution in [3.8, 4) is 0 Å². The highest BCUT2D eigenvalue weighted by Gasteiger charge is 2.26. The summed E-state index contributed by atoms with van der Waals surface area (Å²) >= 11 is 5.40. The van der Waals surface area contributed by atoms with Crippen molar-refractivity contribution in [1.29, 1.82) is 0 Å². The lowest BCUT2D eigenvalue weighted by molar-refractivity contribution is 0.958. The third kappa shape index (κ3) is 2.58. The molecule has 1 N–H and O–H groups in total. The summed E-state index contributed by atoms with van der Waals surface area (Å²) in [4.78, 5) is 4.88. The van der Waals surface area contributed by atoms with Gasteiger partial charge in [0.15, 0.2) is 0 Å². The van der Waals surface area contributed by atoms with Crippen LogP contribution >= 0.6 is 27.7 Å². The summed E-state index contributed by atoms with van der Waals surface area (Å²) < 4.78 is 1.11. The van der Waals surface area contributed by atoms with E-state index in [1.54, 1.807) is 0 Å². The molecular formula is C20H16BrNS. The molecule has 0 radical (unpaired) electrons. The van der Waals surface area contributed by atoms with Crippen LogP contribution in [-0.2, 0) is 0 Å². The molecule has 0 fully saturated rings. The van der Waals surface area contributed by atoms with Crippen molar-refractivity contribution in [1.82, 2.24) is 4.98 Å². The smallest absolute Gasteiger partial charge is 0.0823 e. The molecule has 1 aliphatic heterocycles. The molecule has 0 amide bonds. The first-order chi connectivity index (χ1) is 11.1. The zero-order chi connectivity index (χ0) is 16.0. The second-order valence-corrected chi connectivity index (χ2v) is 7.85. The molecule has 1 aliphatic rings. The number of thioether (sulfide) groups is 1. The number of nitrogens with one attached hydrogen (secondary N) is 1. The molecule has 3 heteroatoms. The fourth-order valence-electron chi connectivity index (χ4n) is 3.07. The molecule has 1 nitrogen and oxygen atoms in total. The van der Waals surface area contributed by atoms with Gasteiger partial charge in [-0.15, -0.1) is 0 Å². The van der Waals surface area contributed by atoms with E-state index in [-0.39, 0.29) is 5.92 Å². The number of benzene rings is 2. The maximum Gasteiger partial charge on any atom is 0.0823 e. The van der Waals surface area contributed by atoms with Crippen LogP contribution in [0.3, 0.4) is 0 Å². The molecule has 0 aliphatic carbocycles. The number of hydrogen-bond acceptors (Lipinski definition) is 1. The van der Waals surface area contributed by atoms with Crippen molar-refractivity contribution in [3.63, 3.8) is 0 Å². The molecule has 0 spiro atoms. The Hall–Kier alpha value is -1.71. The van der Waals surface area contributed by atoms with E-state index >= 15 is 0 Å². The number of hydrogen-bond donors (Lipinski definition) is 1. The van der Waals surface area contributed by atoms with Crippen molar-refractivity contribution in [2.45, 2.75) is 17.9 Å². The normalized spacial score (nSPS) is 17.0. The van der Waals surface area contributed by atoms with Crippen LogP contribution in [0.5, 0.6) is 0 Å². The molecule has 0 saturated carbocycles. The predicted molar refractivity (Wildman–Crippen MR) is 104 cm³/mol. The van der Waals surface area contributed by atoms with Gasteiger partial charge in [0.05, 0.1) is 5.03 Å². The van der Waals surface area contributed by atoms with Gasteiger partial charge in [-0.2, -0.15) is 0 Å². The molecule has 3 aromatic rings. The number of rotatable bonds is 2. The van der Waals surface area contributed by atoms with Gasteiger partial charge in [-0.25, -0.2) is 0 Å². The van der Waals surface area contributed by atoms with Gasteiger partial charge in [-0.05, 0) is 30.7 Å². The molecular weight excluding hydrogens is 366 g/mol. The van der Waals surface area contributed by atoms with E-state index in [0.29, 0.717) is 0 Å². The molecule has 2 heterocycles. The van der Waals surface area contributed by atoms with Crippen molar-refractivity contribution >= 4 is 43.5 Å². The van der Waals surface area contributed by atoms with Crippen LogP contribution in [0.2, 0.25) is 0 Å². The topological polar surface area (TPSA) is 15.8 Å². The van der Waals surface area contributed by atoms with Gasteiger partial charge in [0.25, 0.3) is 0 Å². The number of halogens is 1. The fraction of sp³-hybridized carbons (Fsp3) is 0.100. The number of aromatic amines is 1. The van der Waals surface area contributed by atoms with Crippen LogP contribution in [0.15, 0.2) is 76.3 Å². The van der Waals surface area contributed by atoms with Crippen LogP contribution in [-0.4, -0.2) is 4.98 Å². The molecule has 4 rings (SSSR count). The maximum absolute atomic E-state index is 4.24. The van der Waals surface area contributed by atoms with Crippen molar-refractivity contribution < 1.29 is 0 Å². The summed E-state index contributed by atoms with van der Waals surface area (Å²) in [5.74, 6) is 0.240. The number of allylic oxidation sites excluding steroid dienone is 2. The second-order valence-electron chi connectivity index (χ2n) is 5.88. The summed E-state index contributed by atoms with van der Waals surface area (Å²) in [6, 6.07) is 17.0. The van der Waals surface area contributed by atoms with Gasteiger partial charge in [0.2, 0.25) is 0 Å². The van der Waals surface area contributed by atoms with Crippen molar-refractivity contribution in [2.75, 3.05) is 0 Å². The van der Waals surface area contributed by atoms with Gasteiger partial charge in [0.1, 0.15) is 0 Å². The Kier molecular flexibility index (Phi) is 3.70. The highest BCUT2D eigenvalue weighted by atomic mass is 79.9. The first-order valence-corrected chi connectivity index (χ1v) is 9.16. The fourth-order valence-corrected chi connectivity index (χ4v) is 4.62. The third-order valence-electron chi connectivity index (χ3n) is 4.19. The van der Waals surface area contributed by atoms with Gasteiger partial charge in [0, 0.05) is 31.8 Å². The molecule has 0 saturated heterocycles. The lowest BCUT2D eigenvalue weighted by atomic mass is 9.91. The lowest BCUT2D eigenvalue weighted by Gasteiger charge is -2.22.